The lowest BCUT2D eigenvalue weighted by Gasteiger charge is -2.10. The number of hydrogen-bond acceptors (Lipinski definition) is 2. The van der Waals surface area contributed by atoms with Crippen molar-refractivity contribution in [2.45, 2.75) is 0 Å². The minimum absolute atomic E-state index is 0.651. The van der Waals surface area contributed by atoms with Crippen LogP contribution in [0.4, 0.5) is 5.69 Å². The molecular formula is C8H10NO2S. The number of benzene rings is 1. The summed E-state index contributed by atoms with van der Waals surface area (Å²) in [7, 11) is -1.03. The number of rotatable bonds is 2. The first kappa shape index (κ1) is 9.06. The van der Waals surface area contributed by atoms with E-state index in [1.54, 1.807) is 24.3 Å². The second-order valence-corrected chi connectivity index (χ2v) is 3.50. The van der Waals surface area contributed by atoms with Crippen molar-refractivity contribution in [1.82, 2.24) is 0 Å². The van der Waals surface area contributed by atoms with Gasteiger partial charge in [0.05, 0.1) is 5.69 Å². The summed E-state index contributed by atoms with van der Waals surface area (Å²) >= 11 is 0. The molecular weight excluding hydrogens is 174 g/mol. The molecule has 0 aromatic heterocycles. The van der Waals surface area contributed by atoms with E-state index in [4.69, 9.17) is 0 Å². The van der Waals surface area contributed by atoms with Crippen molar-refractivity contribution in [1.29, 1.82) is 0 Å². The molecule has 12 heavy (non-hydrogen) atoms. The van der Waals surface area contributed by atoms with Crippen LogP contribution < -0.4 is 4.31 Å². The lowest BCUT2D eigenvalue weighted by molar-refractivity contribution is 0.613. The van der Waals surface area contributed by atoms with Crippen molar-refractivity contribution < 1.29 is 8.42 Å². The van der Waals surface area contributed by atoms with Crippen LogP contribution in [-0.4, -0.2) is 15.5 Å². The Morgan fingerprint density at radius 1 is 1.25 bits per heavy atom. The first-order chi connectivity index (χ1) is 5.61. The highest BCUT2D eigenvalue weighted by molar-refractivity contribution is 7.74. The molecule has 0 aliphatic carbocycles. The Morgan fingerprint density at radius 2 is 1.75 bits per heavy atom. The smallest absolute Gasteiger partial charge is 0.224 e. The Hall–Kier alpha value is -1.03. The van der Waals surface area contributed by atoms with E-state index in [1.807, 2.05) is 0 Å². The number of anilines is 1. The summed E-state index contributed by atoms with van der Waals surface area (Å²) in [5, 5.41) is 0. The van der Waals surface area contributed by atoms with Gasteiger partial charge >= 0.3 is 0 Å². The topological polar surface area (TPSA) is 37.4 Å². The summed E-state index contributed by atoms with van der Waals surface area (Å²) in [4.78, 5) is 0. The molecule has 0 spiro atoms. The average molecular weight is 184 g/mol. The predicted octanol–water partition coefficient (Wildman–Crippen LogP) is 0.831. The molecule has 0 aliphatic rings. The van der Waals surface area contributed by atoms with E-state index >= 15 is 0 Å². The van der Waals surface area contributed by atoms with E-state index in [9.17, 15) is 8.42 Å². The van der Waals surface area contributed by atoms with Gasteiger partial charge in [0.2, 0.25) is 10.9 Å². The maximum atomic E-state index is 10.5. The number of hydrogen-bond donors (Lipinski definition) is 1. The van der Waals surface area contributed by atoms with Gasteiger partial charge in [-0.05, 0) is 24.6 Å². The van der Waals surface area contributed by atoms with Crippen LogP contribution in [-0.2, 0) is 10.9 Å². The zero-order valence-corrected chi connectivity index (χ0v) is 7.62. The number of nitrogens with zero attached hydrogens (tertiary/aromatic N) is 1. The maximum absolute atomic E-state index is 10.5. The van der Waals surface area contributed by atoms with Crippen molar-refractivity contribution in [2.24, 2.45) is 0 Å². The van der Waals surface area contributed by atoms with Gasteiger partial charge in [-0.25, -0.2) is 8.42 Å². The fourth-order valence-corrected chi connectivity index (χ4v) is 1.13. The quantitative estimate of drug-likeness (QED) is 0.691. The molecule has 3 nitrogen and oxygen atoms in total. The summed E-state index contributed by atoms with van der Waals surface area (Å²) in [6, 6.07) is 6.97. The highest BCUT2D eigenvalue weighted by atomic mass is 32.2. The van der Waals surface area contributed by atoms with Gasteiger partial charge in [0.1, 0.15) is 0 Å². The van der Waals surface area contributed by atoms with E-state index in [1.165, 1.54) is 11.4 Å². The van der Waals surface area contributed by atoms with Crippen molar-refractivity contribution in [3.63, 3.8) is 0 Å². The standard InChI is InChI=1S/C8H10NO2S/c1-7-3-5-8(6-4-7)9(2)12(10)11/h3-6,12H,1H2,2H3. The molecule has 0 saturated carbocycles. The Morgan fingerprint density at radius 3 is 2.17 bits per heavy atom. The monoisotopic (exact) mass is 184 g/mol. The van der Waals surface area contributed by atoms with Crippen LogP contribution in [0.25, 0.3) is 0 Å². The van der Waals surface area contributed by atoms with Crippen LogP contribution >= 0.6 is 0 Å². The summed E-state index contributed by atoms with van der Waals surface area (Å²) in [6.07, 6.45) is 0. The Kier molecular flexibility index (Phi) is 2.70. The van der Waals surface area contributed by atoms with Crippen LogP contribution in [0.15, 0.2) is 24.3 Å². The largest absolute Gasteiger partial charge is 0.275 e. The Labute approximate surface area is 73.7 Å². The SMILES string of the molecule is [CH2]c1ccc(N(C)[SH](=O)=O)cc1. The molecule has 0 atom stereocenters. The van der Waals surface area contributed by atoms with Gasteiger partial charge in [-0.15, -0.1) is 0 Å². The minimum Gasteiger partial charge on any atom is -0.275 e. The van der Waals surface area contributed by atoms with Crippen molar-refractivity contribution >= 4 is 16.6 Å². The summed E-state index contributed by atoms with van der Waals surface area (Å²) in [5.41, 5.74) is 1.52. The molecule has 0 N–H and O–H groups in total. The third-order valence-electron chi connectivity index (χ3n) is 1.55. The third kappa shape index (κ3) is 1.98. The van der Waals surface area contributed by atoms with Crippen LogP contribution in [0.2, 0.25) is 0 Å². The maximum Gasteiger partial charge on any atom is 0.224 e. The van der Waals surface area contributed by atoms with Crippen molar-refractivity contribution in [3.05, 3.63) is 36.8 Å². The molecule has 0 heterocycles. The average Bonchev–Trinajstić information content (AvgIpc) is 2.04. The lowest BCUT2D eigenvalue weighted by Crippen LogP contribution is -2.13. The normalized spacial score (nSPS) is 10.2. The van der Waals surface area contributed by atoms with E-state index in [0.717, 1.165) is 5.56 Å². The Balaban J connectivity index is 2.97. The molecule has 0 amide bonds. The zero-order valence-electron chi connectivity index (χ0n) is 6.73. The van der Waals surface area contributed by atoms with E-state index in [0.29, 0.717) is 5.69 Å². The first-order valence-electron chi connectivity index (χ1n) is 3.41. The molecule has 0 bridgehead atoms. The van der Waals surface area contributed by atoms with Gasteiger partial charge in [-0.3, -0.25) is 4.31 Å². The van der Waals surface area contributed by atoms with Gasteiger partial charge in [0.15, 0.2) is 0 Å². The van der Waals surface area contributed by atoms with Gasteiger partial charge in [-0.1, -0.05) is 12.1 Å². The summed E-state index contributed by atoms with van der Waals surface area (Å²) in [5.74, 6) is 0. The fourth-order valence-electron chi connectivity index (χ4n) is 0.806. The highest BCUT2D eigenvalue weighted by Gasteiger charge is 1.99. The second-order valence-electron chi connectivity index (χ2n) is 2.43. The zero-order chi connectivity index (χ0) is 9.14. The van der Waals surface area contributed by atoms with Crippen LogP contribution in [0.3, 0.4) is 0 Å². The molecule has 4 heteroatoms. The van der Waals surface area contributed by atoms with Gasteiger partial charge in [-0.2, -0.15) is 0 Å². The van der Waals surface area contributed by atoms with E-state index in [-0.39, 0.29) is 0 Å². The van der Waals surface area contributed by atoms with E-state index in [2.05, 4.69) is 6.92 Å². The minimum atomic E-state index is -2.53. The molecule has 0 fully saturated rings. The first-order valence-corrected chi connectivity index (χ1v) is 4.54. The van der Waals surface area contributed by atoms with Crippen LogP contribution in [0.1, 0.15) is 5.56 Å². The molecule has 65 valence electrons. The fraction of sp³-hybridized carbons (Fsp3) is 0.125. The lowest BCUT2D eigenvalue weighted by atomic mass is 10.2. The third-order valence-corrected chi connectivity index (χ3v) is 2.28. The summed E-state index contributed by atoms with van der Waals surface area (Å²) in [6.45, 7) is 3.70. The van der Waals surface area contributed by atoms with Crippen molar-refractivity contribution in [3.8, 4) is 0 Å². The molecule has 0 aliphatic heterocycles. The highest BCUT2D eigenvalue weighted by Crippen LogP contribution is 2.12. The molecule has 1 rings (SSSR count). The second kappa shape index (κ2) is 3.58. The van der Waals surface area contributed by atoms with E-state index < -0.39 is 10.9 Å². The molecule has 1 aromatic carbocycles. The molecule has 0 saturated heterocycles. The van der Waals surface area contributed by atoms with Crippen molar-refractivity contribution in [2.75, 3.05) is 11.4 Å². The molecule has 1 radical (unpaired) electrons. The van der Waals surface area contributed by atoms with Gasteiger partial charge < -0.3 is 0 Å². The van der Waals surface area contributed by atoms with Crippen LogP contribution in [0.5, 0.6) is 0 Å². The Bertz CT molecular complexity index is 321. The molecule has 0 unspecified atom stereocenters. The van der Waals surface area contributed by atoms with Gasteiger partial charge in [0.25, 0.3) is 0 Å². The summed E-state index contributed by atoms with van der Waals surface area (Å²) < 4.78 is 22.3. The molecule has 1 aromatic rings. The van der Waals surface area contributed by atoms with Gasteiger partial charge in [0, 0.05) is 7.05 Å². The van der Waals surface area contributed by atoms with Crippen LogP contribution in [0, 0.1) is 6.92 Å². The number of thiol groups is 1. The predicted molar refractivity (Wildman–Crippen MR) is 49.6 cm³/mol.